The largest absolute Gasteiger partial charge is 0.446 e. The van der Waals surface area contributed by atoms with Crippen LogP contribution >= 0.6 is 47.1 Å². The van der Waals surface area contributed by atoms with E-state index in [1.807, 2.05) is 36.0 Å². The summed E-state index contributed by atoms with van der Waals surface area (Å²) in [6, 6.07) is 30.7. The molecule has 0 unspecified atom stereocenters. The maximum atomic E-state index is 12.8. The Morgan fingerprint density at radius 1 is 0.852 bits per heavy atom. The molecule has 0 aromatic heterocycles. The number of rotatable bonds is 14. The van der Waals surface area contributed by atoms with Gasteiger partial charge in [-0.2, -0.15) is 13.2 Å². The summed E-state index contributed by atoms with van der Waals surface area (Å²) in [6.07, 6.45) is 6.02. The van der Waals surface area contributed by atoms with Crippen molar-refractivity contribution in [3.8, 4) is 0 Å². The van der Waals surface area contributed by atoms with Gasteiger partial charge >= 0.3 is 5.51 Å². The Hall–Kier alpha value is -3.30. The zero-order valence-corrected chi connectivity index (χ0v) is 38.3. The van der Waals surface area contributed by atoms with Gasteiger partial charge in [0, 0.05) is 95.6 Å². The third kappa shape index (κ3) is 15.5. The first-order valence-corrected chi connectivity index (χ1v) is 24.1. The summed E-state index contributed by atoms with van der Waals surface area (Å²) in [5.41, 5.74) is 7.37. The first-order valence-electron chi connectivity index (χ1n) is 21.1. The third-order valence-electron chi connectivity index (χ3n) is 11.2. The van der Waals surface area contributed by atoms with E-state index >= 15 is 0 Å². The summed E-state index contributed by atoms with van der Waals surface area (Å²) < 4.78 is 41.1. The number of nitrogens with one attached hydrogen (secondary N) is 2. The molecule has 328 valence electrons. The Balaban J connectivity index is 0.000000305. The maximum absolute atomic E-state index is 12.8. The molecule has 1 aliphatic carbocycles. The van der Waals surface area contributed by atoms with Crippen LogP contribution in [-0.2, 0) is 0 Å². The van der Waals surface area contributed by atoms with Crippen LogP contribution in [-0.4, -0.2) is 92.4 Å². The molecule has 4 aromatic carbocycles. The van der Waals surface area contributed by atoms with Crippen LogP contribution in [0.2, 0.25) is 5.02 Å². The molecule has 7 nitrogen and oxygen atoms in total. The van der Waals surface area contributed by atoms with E-state index in [-0.39, 0.29) is 28.3 Å². The van der Waals surface area contributed by atoms with Crippen LogP contribution in [0.5, 0.6) is 0 Å². The minimum Gasteiger partial charge on any atom is -0.398 e. The number of hydrogen-bond donors (Lipinski definition) is 3. The second-order valence-electron chi connectivity index (χ2n) is 16.5. The zero-order chi connectivity index (χ0) is 43.2. The first kappa shape index (κ1) is 47.2. The molecule has 0 radical (unpaired) electrons. The van der Waals surface area contributed by atoms with Gasteiger partial charge in [-0.25, -0.2) is 0 Å². The monoisotopic (exact) mass is 910 g/mol. The fourth-order valence-electron chi connectivity index (χ4n) is 7.86. The van der Waals surface area contributed by atoms with Gasteiger partial charge in [0.15, 0.2) is 0 Å². The predicted molar refractivity (Wildman–Crippen MR) is 253 cm³/mol. The average molecular weight is 912 g/mol. The van der Waals surface area contributed by atoms with Crippen LogP contribution in [0.15, 0.2) is 117 Å². The van der Waals surface area contributed by atoms with Crippen molar-refractivity contribution >= 4 is 69.9 Å². The van der Waals surface area contributed by atoms with Crippen LogP contribution in [0, 0.1) is 5.41 Å². The Labute approximate surface area is 377 Å². The van der Waals surface area contributed by atoms with Gasteiger partial charge in [-0.15, -0.1) is 11.8 Å². The molecule has 4 aromatic rings. The molecular formula is C47H58ClF3N6OS3. The van der Waals surface area contributed by atoms with E-state index in [0.29, 0.717) is 15.9 Å². The maximum Gasteiger partial charge on any atom is 0.446 e. The minimum atomic E-state index is -4.44. The lowest BCUT2D eigenvalue weighted by molar-refractivity contribution is -0.0328. The van der Waals surface area contributed by atoms with E-state index in [4.69, 9.17) is 17.3 Å². The van der Waals surface area contributed by atoms with E-state index < -0.39 is 5.51 Å². The zero-order valence-electron chi connectivity index (χ0n) is 35.1. The molecule has 4 N–H and O–H groups in total. The normalized spacial score (nSPS) is 17.4. The molecule has 0 atom stereocenters. The lowest BCUT2D eigenvalue weighted by atomic mass is 9.73. The number of carbonyl (C=O) groups excluding carboxylic acids is 1. The van der Waals surface area contributed by atoms with Gasteiger partial charge in [0.25, 0.3) is 5.91 Å². The number of thioether (sulfide) groups is 2. The number of anilines is 2. The van der Waals surface area contributed by atoms with Crippen molar-refractivity contribution in [2.45, 2.75) is 66.1 Å². The smallest absolute Gasteiger partial charge is 0.398 e. The second-order valence-corrected chi connectivity index (χ2v) is 20.1. The summed E-state index contributed by atoms with van der Waals surface area (Å²) in [6.45, 7) is 15.4. The van der Waals surface area contributed by atoms with Gasteiger partial charge in [0.1, 0.15) is 0 Å². The first-order chi connectivity index (χ1) is 29.3. The summed E-state index contributed by atoms with van der Waals surface area (Å²) >= 11 is 8.82. The number of benzene rings is 4. The van der Waals surface area contributed by atoms with Gasteiger partial charge in [-0.05, 0) is 151 Å². The van der Waals surface area contributed by atoms with Gasteiger partial charge in [-0.1, -0.05) is 61.4 Å². The van der Waals surface area contributed by atoms with Crippen LogP contribution in [0.25, 0.3) is 5.57 Å². The Morgan fingerprint density at radius 2 is 1.56 bits per heavy atom. The number of hydrogen-bond acceptors (Lipinski definition) is 9. The average Bonchev–Trinajstić information content (AvgIpc) is 3.25. The molecule has 1 amide bonds. The van der Waals surface area contributed by atoms with Crippen molar-refractivity contribution < 1.29 is 18.0 Å². The van der Waals surface area contributed by atoms with E-state index in [0.717, 1.165) is 68.2 Å². The van der Waals surface area contributed by atoms with E-state index in [2.05, 4.69) is 81.1 Å². The lowest BCUT2D eigenvalue weighted by Gasteiger charge is -2.39. The number of unbranched alkanes of at least 4 members (excludes halogenated alkanes) is 1. The number of alkyl halides is 3. The third-order valence-corrected chi connectivity index (χ3v) is 14.1. The van der Waals surface area contributed by atoms with Crippen LogP contribution in [0.3, 0.4) is 0 Å². The van der Waals surface area contributed by atoms with Crippen LogP contribution in [0.1, 0.15) is 61.9 Å². The van der Waals surface area contributed by atoms with E-state index in [1.54, 1.807) is 18.2 Å². The van der Waals surface area contributed by atoms with Gasteiger partial charge < -0.3 is 20.9 Å². The van der Waals surface area contributed by atoms with Gasteiger partial charge in [-0.3, -0.25) is 14.4 Å². The molecule has 0 saturated carbocycles. The molecular weight excluding hydrogens is 853 g/mol. The quantitative estimate of drug-likeness (QED) is 0.0496. The molecule has 61 heavy (non-hydrogen) atoms. The van der Waals surface area contributed by atoms with Crippen LogP contribution < -0.4 is 20.7 Å². The number of carbonyl (C=O) groups is 1. The highest BCUT2D eigenvalue weighted by atomic mass is 35.5. The van der Waals surface area contributed by atoms with E-state index in [9.17, 15) is 18.0 Å². The van der Waals surface area contributed by atoms with E-state index in [1.165, 1.54) is 91.5 Å². The molecule has 2 saturated heterocycles. The summed E-state index contributed by atoms with van der Waals surface area (Å²) in [5, 5.41) is 4.15. The molecule has 3 aliphatic rings. The standard InChI is InChI=1S/C33H36ClF3N4OS2.C14H22N2S/c1-32(2)14-13-28(22-3-7-25(34)8-4-22)24(20-32)21-40-15-17-41(18-16-40)26-9-5-23(6-10-26)31(42)39-44-27-11-12-29(38)30(19-27)43-33(35,36)37;1-2-6-14(7-3-1)17-13-5-4-10-16-11-8-15-9-12-16/h3-12,19H,13-18,20-21,38H2,1-2H3,(H,39,42);1-3,6-7,15H,4-5,8-13H2. The van der Waals surface area contributed by atoms with Crippen molar-refractivity contribution in [3.63, 3.8) is 0 Å². The number of nitrogen functional groups attached to an aromatic ring is 1. The molecule has 2 heterocycles. The number of nitrogens with two attached hydrogens (primary N) is 1. The van der Waals surface area contributed by atoms with Gasteiger partial charge in [0.2, 0.25) is 0 Å². The Bertz CT molecular complexity index is 2020. The van der Waals surface area contributed by atoms with Crippen molar-refractivity contribution in [2.75, 3.05) is 81.8 Å². The number of nitrogens with zero attached hydrogens (tertiary/aromatic N) is 3. The summed E-state index contributed by atoms with van der Waals surface area (Å²) in [4.78, 5) is 21.9. The fraction of sp³-hybridized carbons (Fsp3) is 0.426. The number of allylic oxidation sites excluding steroid dienone is 1. The number of amides is 1. The highest BCUT2D eigenvalue weighted by molar-refractivity contribution is 8.00. The second kappa shape index (κ2) is 22.9. The fourth-order valence-corrected chi connectivity index (χ4v) is 10.3. The predicted octanol–water partition coefficient (Wildman–Crippen LogP) is 11.2. The molecule has 0 bridgehead atoms. The summed E-state index contributed by atoms with van der Waals surface area (Å²) in [5.74, 6) is 0.921. The Kier molecular flexibility index (Phi) is 17.7. The minimum absolute atomic E-state index is 0.0390. The van der Waals surface area contributed by atoms with Crippen molar-refractivity contribution in [1.29, 1.82) is 0 Å². The molecule has 0 spiro atoms. The highest BCUT2D eigenvalue weighted by Crippen LogP contribution is 2.43. The molecule has 7 rings (SSSR count). The van der Waals surface area contributed by atoms with Crippen molar-refractivity contribution in [2.24, 2.45) is 5.41 Å². The molecule has 2 aliphatic heterocycles. The SMILES string of the molecule is CC1(C)CCC(c2ccc(Cl)cc2)=C(CN2CCN(c3ccc(C(=O)NSc4ccc(N)c(SC(F)(F)F)c4)cc3)CC2)C1.c1ccc(SCCCCN2CCNCC2)cc1. The van der Waals surface area contributed by atoms with Crippen molar-refractivity contribution in [1.82, 2.24) is 19.8 Å². The number of halogens is 4. The molecule has 14 heteroatoms. The lowest BCUT2D eigenvalue weighted by Crippen LogP contribution is -2.47. The summed E-state index contributed by atoms with van der Waals surface area (Å²) in [7, 11) is 0. The van der Waals surface area contributed by atoms with Crippen LogP contribution in [0.4, 0.5) is 24.5 Å². The topological polar surface area (TPSA) is 76.9 Å². The van der Waals surface area contributed by atoms with Gasteiger partial charge in [0.05, 0.1) is 0 Å². The highest BCUT2D eigenvalue weighted by Gasteiger charge is 2.31. The Morgan fingerprint density at radius 3 is 2.25 bits per heavy atom. The number of piperazine rings is 2. The van der Waals surface area contributed by atoms with Crippen molar-refractivity contribution in [3.05, 3.63) is 119 Å². The molecule has 2 fully saturated rings.